The van der Waals surface area contributed by atoms with Gasteiger partial charge in [0.15, 0.2) is 0 Å². The van der Waals surface area contributed by atoms with E-state index in [1.54, 1.807) is 0 Å². The van der Waals surface area contributed by atoms with Gasteiger partial charge in [0.2, 0.25) is 0 Å². The van der Waals surface area contributed by atoms with Crippen LogP contribution in [0.3, 0.4) is 0 Å². The summed E-state index contributed by atoms with van der Waals surface area (Å²) in [5.41, 5.74) is 2.90. The first kappa shape index (κ1) is 15.1. The van der Waals surface area contributed by atoms with Gasteiger partial charge in [-0.1, -0.05) is 43.2 Å². The quantitative estimate of drug-likeness (QED) is 0.763. The van der Waals surface area contributed by atoms with Crippen molar-refractivity contribution in [2.24, 2.45) is 17.8 Å². The van der Waals surface area contributed by atoms with Crippen LogP contribution in [0.25, 0.3) is 0 Å². The van der Waals surface area contributed by atoms with Gasteiger partial charge in [-0.2, -0.15) is 0 Å². The number of benzene rings is 1. The van der Waals surface area contributed by atoms with E-state index in [0.29, 0.717) is 6.04 Å². The highest BCUT2D eigenvalue weighted by Gasteiger charge is 2.39. The van der Waals surface area contributed by atoms with E-state index < -0.39 is 0 Å². The van der Waals surface area contributed by atoms with Crippen molar-refractivity contribution in [1.29, 1.82) is 0 Å². The lowest BCUT2D eigenvalue weighted by Crippen LogP contribution is -2.34. The van der Waals surface area contributed by atoms with Crippen molar-refractivity contribution >= 4 is 0 Å². The zero-order chi connectivity index (χ0) is 14.7. The van der Waals surface area contributed by atoms with Gasteiger partial charge in [0.05, 0.1) is 0 Å². The van der Waals surface area contributed by atoms with Crippen molar-refractivity contribution in [1.82, 2.24) is 5.32 Å². The molecule has 4 atom stereocenters. The fraction of sp³-hybridized carbons (Fsp3) is 0.700. The molecule has 2 aliphatic rings. The molecule has 3 rings (SSSR count). The summed E-state index contributed by atoms with van der Waals surface area (Å²) in [7, 11) is 0. The molecule has 1 N–H and O–H groups in total. The molecule has 2 fully saturated rings. The fourth-order valence-electron chi connectivity index (χ4n) is 4.74. The van der Waals surface area contributed by atoms with E-state index >= 15 is 0 Å². The lowest BCUT2D eigenvalue weighted by atomic mass is 9.83. The van der Waals surface area contributed by atoms with Crippen LogP contribution in [-0.4, -0.2) is 12.6 Å². The first-order valence-corrected chi connectivity index (χ1v) is 9.03. The minimum Gasteiger partial charge on any atom is -0.314 e. The molecule has 0 aromatic heterocycles. The van der Waals surface area contributed by atoms with Crippen LogP contribution in [0.15, 0.2) is 24.3 Å². The third kappa shape index (κ3) is 3.88. The number of hydrogen-bond donors (Lipinski definition) is 1. The van der Waals surface area contributed by atoms with E-state index in [2.05, 4.69) is 43.4 Å². The average molecular weight is 285 g/mol. The van der Waals surface area contributed by atoms with E-state index in [4.69, 9.17) is 0 Å². The van der Waals surface area contributed by atoms with E-state index in [1.807, 2.05) is 0 Å². The van der Waals surface area contributed by atoms with Gasteiger partial charge in [-0.3, -0.25) is 0 Å². The summed E-state index contributed by atoms with van der Waals surface area (Å²) in [5.74, 6) is 3.13. The maximum absolute atomic E-state index is 3.82. The van der Waals surface area contributed by atoms with Crippen LogP contribution in [0.2, 0.25) is 0 Å². The zero-order valence-corrected chi connectivity index (χ0v) is 13.8. The monoisotopic (exact) mass is 285 g/mol. The highest BCUT2D eigenvalue weighted by molar-refractivity contribution is 5.23. The van der Waals surface area contributed by atoms with Crippen LogP contribution in [0.5, 0.6) is 0 Å². The van der Waals surface area contributed by atoms with E-state index in [9.17, 15) is 0 Å². The second-order valence-corrected chi connectivity index (χ2v) is 7.51. The summed E-state index contributed by atoms with van der Waals surface area (Å²) < 4.78 is 0. The molecule has 2 aliphatic carbocycles. The summed E-state index contributed by atoms with van der Waals surface area (Å²) in [6.07, 6.45) is 9.93. The van der Waals surface area contributed by atoms with Gasteiger partial charge >= 0.3 is 0 Å². The molecular weight excluding hydrogens is 254 g/mol. The van der Waals surface area contributed by atoms with Gasteiger partial charge in [0, 0.05) is 6.04 Å². The van der Waals surface area contributed by atoms with Crippen LogP contribution < -0.4 is 5.32 Å². The molecule has 0 spiro atoms. The summed E-state index contributed by atoms with van der Waals surface area (Å²) in [5, 5.41) is 3.82. The SMILES string of the molecule is CCCNC(Cc1cccc(C)c1)CC1CC2CCC1C2. The molecule has 0 aliphatic heterocycles. The van der Waals surface area contributed by atoms with Crippen molar-refractivity contribution in [2.45, 2.75) is 64.8 Å². The maximum Gasteiger partial charge on any atom is 0.0110 e. The predicted octanol–water partition coefficient (Wildman–Crippen LogP) is 4.73. The minimum atomic E-state index is 0.677. The number of rotatable bonds is 7. The molecule has 116 valence electrons. The van der Waals surface area contributed by atoms with Gasteiger partial charge in [-0.15, -0.1) is 0 Å². The molecule has 1 aromatic rings. The Morgan fingerprint density at radius 1 is 1.24 bits per heavy atom. The normalized spacial score (nSPS) is 29.0. The third-order valence-corrected chi connectivity index (χ3v) is 5.72. The summed E-state index contributed by atoms with van der Waals surface area (Å²) in [6.45, 7) is 5.64. The number of hydrogen-bond acceptors (Lipinski definition) is 1. The molecule has 21 heavy (non-hydrogen) atoms. The van der Waals surface area contributed by atoms with E-state index in [1.165, 1.54) is 56.1 Å². The largest absolute Gasteiger partial charge is 0.314 e. The van der Waals surface area contributed by atoms with E-state index in [-0.39, 0.29) is 0 Å². The van der Waals surface area contributed by atoms with Crippen LogP contribution in [-0.2, 0) is 6.42 Å². The maximum atomic E-state index is 3.82. The Kier molecular flexibility index (Phi) is 5.00. The summed E-state index contributed by atoms with van der Waals surface area (Å²) >= 11 is 0. The van der Waals surface area contributed by atoms with Gasteiger partial charge in [0.1, 0.15) is 0 Å². The molecule has 1 nitrogen and oxygen atoms in total. The predicted molar refractivity (Wildman–Crippen MR) is 90.5 cm³/mol. The third-order valence-electron chi connectivity index (χ3n) is 5.72. The van der Waals surface area contributed by atoms with Gasteiger partial charge in [-0.05, 0) is 75.3 Å². The standard InChI is InChI=1S/C20H31N/c1-3-9-21-20(13-16-6-4-5-15(2)10-16)14-19-12-17-7-8-18(19)11-17/h4-6,10,17-21H,3,7-9,11-14H2,1-2H3. The van der Waals surface area contributed by atoms with Crippen LogP contribution >= 0.6 is 0 Å². The molecule has 0 amide bonds. The molecule has 1 heteroatoms. The Hall–Kier alpha value is -0.820. The summed E-state index contributed by atoms with van der Waals surface area (Å²) in [4.78, 5) is 0. The average Bonchev–Trinajstić information content (AvgIpc) is 3.07. The first-order chi connectivity index (χ1) is 10.2. The highest BCUT2D eigenvalue weighted by Crippen LogP contribution is 2.50. The lowest BCUT2D eigenvalue weighted by molar-refractivity contribution is 0.276. The topological polar surface area (TPSA) is 12.0 Å². The molecule has 4 unspecified atom stereocenters. The van der Waals surface area contributed by atoms with Crippen LogP contribution in [0.1, 0.15) is 56.6 Å². The number of nitrogens with one attached hydrogen (secondary N) is 1. The van der Waals surface area contributed by atoms with Crippen molar-refractivity contribution in [2.75, 3.05) is 6.54 Å². The highest BCUT2D eigenvalue weighted by atomic mass is 14.9. The van der Waals surface area contributed by atoms with Crippen molar-refractivity contribution < 1.29 is 0 Å². The molecule has 2 bridgehead atoms. The second kappa shape index (κ2) is 6.96. The Morgan fingerprint density at radius 2 is 2.14 bits per heavy atom. The van der Waals surface area contributed by atoms with E-state index in [0.717, 1.165) is 24.3 Å². The Morgan fingerprint density at radius 3 is 2.81 bits per heavy atom. The molecule has 2 saturated carbocycles. The number of fused-ring (bicyclic) bond motifs is 2. The lowest BCUT2D eigenvalue weighted by Gasteiger charge is -2.27. The van der Waals surface area contributed by atoms with Gasteiger partial charge in [-0.25, -0.2) is 0 Å². The second-order valence-electron chi connectivity index (χ2n) is 7.51. The molecular formula is C20H31N. The zero-order valence-electron chi connectivity index (χ0n) is 13.8. The van der Waals surface area contributed by atoms with Crippen LogP contribution in [0, 0.1) is 24.7 Å². The van der Waals surface area contributed by atoms with Crippen LogP contribution in [0.4, 0.5) is 0 Å². The Bertz CT molecular complexity index is 453. The number of aryl methyl sites for hydroxylation is 1. The van der Waals surface area contributed by atoms with Gasteiger partial charge in [0.25, 0.3) is 0 Å². The molecule has 0 radical (unpaired) electrons. The fourth-order valence-corrected chi connectivity index (χ4v) is 4.74. The minimum absolute atomic E-state index is 0.677. The van der Waals surface area contributed by atoms with Crippen molar-refractivity contribution in [3.05, 3.63) is 35.4 Å². The van der Waals surface area contributed by atoms with Gasteiger partial charge < -0.3 is 5.32 Å². The molecule has 0 saturated heterocycles. The Balaban J connectivity index is 1.60. The Labute approximate surface area is 130 Å². The molecule has 1 aromatic carbocycles. The van der Waals surface area contributed by atoms with Crippen molar-refractivity contribution in [3.8, 4) is 0 Å². The van der Waals surface area contributed by atoms with Crippen molar-refractivity contribution in [3.63, 3.8) is 0 Å². The summed E-state index contributed by atoms with van der Waals surface area (Å²) in [6, 6.07) is 9.75. The molecule has 0 heterocycles. The first-order valence-electron chi connectivity index (χ1n) is 9.03. The smallest absolute Gasteiger partial charge is 0.0110 e.